The van der Waals surface area contributed by atoms with Crippen molar-refractivity contribution in [2.24, 2.45) is 0 Å². The van der Waals surface area contributed by atoms with Crippen LogP contribution in [0.4, 0.5) is 0 Å². The van der Waals surface area contributed by atoms with E-state index in [2.05, 4.69) is 15.5 Å². The molecule has 6 nitrogen and oxygen atoms in total. The molecule has 2 heterocycles. The quantitative estimate of drug-likeness (QED) is 0.933. The van der Waals surface area contributed by atoms with Crippen LogP contribution in [0, 0.1) is 0 Å². The zero-order chi connectivity index (χ0) is 14.7. The molecule has 3 rings (SSSR count). The summed E-state index contributed by atoms with van der Waals surface area (Å²) in [6, 6.07) is 5.75. The van der Waals surface area contributed by atoms with Gasteiger partial charge in [-0.3, -0.25) is 0 Å². The van der Waals surface area contributed by atoms with E-state index in [0.29, 0.717) is 23.2 Å². The van der Waals surface area contributed by atoms with E-state index in [1.165, 1.54) is 12.8 Å². The summed E-state index contributed by atoms with van der Waals surface area (Å²) in [5.74, 6) is 2.55. The average Bonchev–Trinajstić information content (AvgIpc) is 3.05. The van der Waals surface area contributed by atoms with Crippen molar-refractivity contribution in [3.63, 3.8) is 0 Å². The average molecular weight is 289 g/mol. The van der Waals surface area contributed by atoms with Crippen LogP contribution in [-0.2, 0) is 0 Å². The summed E-state index contributed by atoms with van der Waals surface area (Å²) in [5, 5.41) is 7.47. The Kier molecular flexibility index (Phi) is 4.06. The molecular weight excluding hydrogens is 270 g/mol. The van der Waals surface area contributed by atoms with Crippen LogP contribution in [0.15, 0.2) is 22.7 Å². The Labute approximate surface area is 123 Å². The van der Waals surface area contributed by atoms with Gasteiger partial charge in [-0.05, 0) is 37.6 Å². The van der Waals surface area contributed by atoms with Crippen LogP contribution in [0.25, 0.3) is 11.4 Å². The Hall–Kier alpha value is -2.08. The van der Waals surface area contributed by atoms with Crippen molar-refractivity contribution in [3.05, 3.63) is 24.1 Å². The van der Waals surface area contributed by atoms with E-state index in [0.717, 1.165) is 18.5 Å². The van der Waals surface area contributed by atoms with Gasteiger partial charge in [0.1, 0.15) is 0 Å². The lowest BCUT2D eigenvalue weighted by Crippen LogP contribution is -2.26. The van der Waals surface area contributed by atoms with Gasteiger partial charge >= 0.3 is 0 Å². The van der Waals surface area contributed by atoms with Crippen molar-refractivity contribution in [2.45, 2.75) is 25.3 Å². The van der Waals surface area contributed by atoms with Crippen molar-refractivity contribution < 1.29 is 14.0 Å². The molecule has 0 saturated carbocycles. The van der Waals surface area contributed by atoms with Crippen LogP contribution < -0.4 is 14.8 Å². The third-order valence-electron chi connectivity index (χ3n) is 3.69. The molecule has 1 aromatic carbocycles. The molecule has 0 unspecified atom stereocenters. The molecule has 1 aliphatic heterocycles. The minimum absolute atomic E-state index is 0.167. The molecule has 0 radical (unpaired) electrons. The van der Waals surface area contributed by atoms with E-state index >= 15 is 0 Å². The van der Waals surface area contributed by atoms with Crippen molar-refractivity contribution in [1.82, 2.24) is 15.5 Å². The Bertz CT molecular complexity index is 606. The van der Waals surface area contributed by atoms with Gasteiger partial charge in [-0.1, -0.05) is 11.6 Å². The summed E-state index contributed by atoms with van der Waals surface area (Å²) in [4.78, 5) is 4.50. The molecule has 1 aromatic heterocycles. The van der Waals surface area contributed by atoms with Gasteiger partial charge < -0.3 is 19.3 Å². The van der Waals surface area contributed by atoms with E-state index in [4.69, 9.17) is 14.0 Å². The van der Waals surface area contributed by atoms with Crippen molar-refractivity contribution in [1.29, 1.82) is 0 Å². The van der Waals surface area contributed by atoms with Gasteiger partial charge in [-0.25, -0.2) is 0 Å². The largest absolute Gasteiger partial charge is 0.493 e. The molecule has 1 saturated heterocycles. The maximum absolute atomic E-state index is 5.39. The van der Waals surface area contributed by atoms with Crippen LogP contribution in [-0.4, -0.2) is 30.9 Å². The highest BCUT2D eigenvalue weighted by Gasteiger charge is 2.21. The number of methoxy groups -OCH3 is 2. The first-order valence-electron chi connectivity index (χ1n) is 7.11. The highest BCUT2D eigenvalue weighted by Crippen LogP contribution is 2.32. The topological polar surface area (TPSA) is 69.4 Å². The Morgan fingerprint density at radius 1 is 1.19 bits per heavy atom. The summed E-state index contributed by atoms with van der Waals surface area (Å²) >= 11 is 0. The van der Waals surface area contributed by atoms with Crippen LogP contribution in [0.2, 0.25) is 0 Å². The molecule has 0 aliphatic carbocycles. The second-order valence-electron chi connectivity index (χ2n) is 5.03. The molecule has 0 amide bonds. The maximum atomic E-state index is 5.39. The summed E-state index contributed by atoms with van der Waals surface area (Å²) in [5.41, 5.74) is 0.846. The first-order valence-corrected chi connectivity index (χ1v) is 7.11. The van der Waals surface area contributed by atoms with Gasteiger partial charge in [0, 0.05) is 5.56 Å². The highest BCUT2D eigenvalue weighted by molar-refractivity contribution is 5.60. The third-order valence-corrected chi connectivity index (χ3v) is 3.69. The second-order valence-corrected chi connectivity index (χ2v) is 5.03. The molecule has 6 heteroatoms. The van der Waals surface area contributed by atoms with E-state index in [9.17, 15) is 0 Å². The fourth-order valence-corrected chi connectivity index (χ4v) is 2.53. The summed E-state index contributed by atoms with van der Waals surface area (Å²) in [6.07, 6.45) is 3.42. The summed E-state index contributed by atoms with van der Waals surface area (Å²) < 4.78 is 15.9. The lowest BCUT2D eigenvalue weighted by Gasteiger charge is -2.19. The Balaban J connectivity index is 1.85. The van der Waals surface area contributed by atoms with Gasteiger partial charge in [-0.15, -0.1) is 0 Å². The molecule has 1 aliphatic rings. The number of hydrogen-bond acceptors (Lipinski definition) is 6. The van der Waals surface area contributed by atoms with Gasteiger partial charge in [0.25, 0.3) is 0 Å². The van der Waals surface area contributed by atoms with E-state index < -0.39 is 0 Å². The molecule has 0 spiro atoms. The van der Waals surface area contributed by atoms with Gasteiger partial charge in [0.15, 0.2) is 11.5 Å². The van der Waals surface area contributed by atoms with Gasteiger partial charge in [-0.2, -0.15) is 4.98 Å². The van der Waals surface area contributed by atoms with Gasteiger partial charge in [0.05, 0.1) is 20.3 Å². The molecule has 1 N–H and O–H groups in total. The number of nitrogens with zero attached hydrogens (tertiary/aromatic N) is 2. The normalized spacial score (nSPS) is 18.5. The predicted octanol–water partition coefficient (Wildman–Crippen LogP) is 2.57. The van der Waals surface area contributed by atoms with Crippen LogP contribution in [0.5, 0.6) is 11.5 Å². The van der Waals surface area contributed by atoms with Gasteiger partial charge in [0.2, 0.25) is 11.7 Å². The molecule has 21 heavy (non-hydrogen) atoms. The SMILES string of the molecule is COc1ccc(-c2noc([C@H]3CCCCN3)n2)cc1OC. The number of benzene rings is 1. The van der Waals surface area contributed by atoms with E-state index in [-0.39, 0.29) is 6.04 Å². The van der Waals surface area contributed by atoms with Crippen molar-refractivity contribution in [2.75, 3.05) is 20.8 Å². The first kappa shape index (κ1) is 13.9. The zero-order valence-electron chi connectivity index (χ0n) is 12.3. The molecule has 0 bridgehead atoms. The van der Waals surface area contributed by atoms with Crippen molar-refractivity contribution >= 4 is 0 Å². The Morgan fingerprint density at radius 3 is 2.76 bits per heavy atom. The monoisotopic (exact) mass is 289 g/mol. The maximum Gasteiger partial charge on any atom is 0.244 e. The number of nitrogens with one attached hydrogen (secondary N) is 1. The second kappa shape index (κ2) is 6.13. The highest BCUT2D eigenvalue weighted by atomic mass is 16.5. The fourth-order valence-electron chi connectivity index (χ4n) is 2.53. The molecule has 1 fully saturated rings. The number of ether oxygens (including phenoxy) is 2. The minimum atomic E-state index is 0.167. The van der Waals surface area contributed by atoms with Crippen LogP contribution >= 0.6 is 0 Å². The standard InChI is InChI=1S/C15H19N3O3/c1-19-12-7-6-10(9-13(12)20-2)14-17-15(21-18-14)11-5-3-4-8-16-11/h6-7,9,11,16H,3-5,8H2,1-2H3/t11-/m1/s1. The smallest absolute Gasteiger partial charge is 0.244 e. The number of piperidine rings is 1. The minimum Gasteiger partial charge on any atom is -0.493 e. The summed E-state index contributed by atoms with van der Waals surface area (Å²) in [7, 11) is 3.22. The van der Waals surface area contributed by atoms with Crippen LogP contribution in [0.1, 0.15) is 31.2 Å². The predicted molar refractivity (Wildman–Crippen MR) is 77.4 cm³/mol. The number of rotatable bonds is 4. The van der Waals surface area contributed by atoms with Crippen LogP contribution in [0.3, 0.4) is 0 Å². The fraction of sp³-hybridized carbons (Fsp3) is 0.467. The number of hydrogen-bond donors (Lipinski definition) is 1. The zero-order valence-corrected chi connectivity index (χ0v) is 12.3. The Morgan fingerprint density at radius 2 is 2.05 bits per heavy atom. The summed E-state index contributed by atoms with van der Waals surface area (Å²) in [6.45, 7) is 0.999. The molecular formula is C15H19N3O3. The lowest BCUT2D eigenvalue weighted by molar-refractivity contribution is 0.297. The lowest BCUT2D eigenvalue weighted by atomic mass is 10.1. The molecule has 1 atom stereocenters. The number of aromatic nitrogens is 2. The van der Waals surface area contributed by atoms with E-state index in [1.807, 2.05) is 18.2 Å². The van der Waals surface area contributed by atoms with Crippen molar-refractivity contribution in [3.8, 4) is 22.9 Å². The third kappa shape index (κ3) is 2.85. The molecule has 112 valence electrons. The first-order chi connectivity index (χ1) is 10.3. The molecule has 2 aromatic rings. The van der Waals surface area contributed by atoms with E-state index in [1.54, 1.807) is 14.2 Å².